The van der Waals surface area contributed by atoms with Crippen LogP contribution < -0.4 is 4.74 Å². The molecule has 0 bridgehead atoms. The Morgan fingerprint density at radius 2 is 2.20 bits per heavy atom. The maximum atomic E-state index is 5.96. The Morgan fingerprint density at radius 3 is 2.93 bits per heavy atom. The van der Waals surface area contributed by atoms with Gasteiger partial charge < -0.3 is 9.64 Å². The zero-order valence-corrected chi connectivity index (χ0v) is 9.92. The van der Waals surface area contributed by atoms with E-state index in [0.29, 0.717) is 6.04 Å². The van der Waals surface area contributed by atoms with Crippen LogP contribution in [0, 0.1) is 0 Å². The van der Waals surface area contributed by atoms with Crippen molar-refractivity contribution < 1.29 is 4.74 Å². The number of hydrogen-bond donors (Lipinski definition) is 0. The van der Waals surface area contributed by atoms with Gasteiger partial charge >= 0.3 is 0 Å². The van der Waals surface area contributed by atoms with Crippen LogP contribution in [-0.2, 0) is 0 Å². The van der Waals surface area contributed by atoms with Gasteiger partial charge in [0.05, 0.1) is 6.61 Å². The molecule has 0 saturated carbocycles. The predicted molar refractivity (Wildman–Crippen MR) is 62.6 cm³/mol. The highest BCUT2D eigenvalue weighted by molar-refractivity contribution is 6.30. The van der Waals surface area contributed by atoms with E-state index in [9.17, 15) is 0 Å². The van der Waals surface area contributed by atoms with Gasteiger partial charge in [-0.05, 0) is 39.1 Å². The lowest BCUT2D eigenvalue weighted by atomic mass is 10.0. The molecule has 0 N–H and O–H groups in total. The van der Waals surface area contributed by atoms with Gasteiger partial charge in [-0.25, -0.2) is 0 Å². The first-order valence-electron chi connectivity index (χ1n) is 5.27. The molecule has 0 amide bonds. The third-order valence-corrected chi connectivity index (χ3v) is 3.07. The number of nitrogens with zero attached hydrogens (tertiary/aromatic N) is 1. The van der Waals surface area contributed by atoms with Crippen LogP contribution in [0.3, 0.4) is 0 Å². The van der Waals surface area contributed by atoms with Gasteiger partial charge in [0, 0.05) is 16.6 Å². The molecule has 1 atom stereocenters. The molecule has 15 heavy (non-hydrogen) atoms. The Kier molecular flexibility index (Phi) is 3.17. The average Bonchev–Trinajstić information content (AvgIpc) is 2.38. The summed E-state index contributed by atoms with van der Waals surface area (Å²) in [6.07, 6.45) is 2.23. The van der Waals surface area contributed by atoms with E-state index in [-0.39, 0.29) is 0 Å². The highest BCUT2D eigenvalue weighted by Gasteiger charge is 2.21. The molecular formula is C12H16ClNO. The number of benzene rings is 1. The minimum atomic E-state index is 0.444. The number of hydrogen-bond acceptors (Lipinski definition) is 2. The Bertz CT molecular complexity index is 351. The van der Waals surface area contributed by atoms with Crippen LogP contribution in [0.4, 0.5) is 0 Å². The van der Waals surface area contributed by atoms with Crippen LogP contribution >= 0.6 is 11.6 Å². The van der Waals surface area contributed by atoms with Gasteiger partial charge in [-0.2, -0.15) is 0 Å². The summed E-state index contributed by atoms with van der Waals surface area (Å²) in [6.45, 7) is 0.789. The molecule has 1 aliphatic heterocycles. The molecule has 0 aromatic heterocycles. The normalized spacial score (nSPS) is 20.7. The largest absolute Gasteiger partial charge is 0.493 e. The van der Waals surface area contributed by atoms with Gasteiger partial charge in [0.25, 0.3) is 0 Å². The molecule has 1 aromatic rings. The third-order valence-electron chi connectivity index (χ3n) is 2.84. The lowest BCUT2D eigenvalue weighted by molar-refractivity contribution is 0.277. The summed E-state index contributed by atoms with van der Waals surface area (Å²) in [5, 5.41) is 0.744. The van der Waals surface area contributed by atoms with Gasteiger partial charge in [0.2, 0.25) is 0 Å². The summed E-state index contributed by atoms with van der Waals surface area (Å²) in [4.78, 5) is 2.24. The quantitative estimate of drug-likeness (QED) is 0.728. The van der Waals surface area contributed by atoms with Crippen molar-refractivity contribution in [3.05, 3.63) is 28.8 Å². The smallest absolute Gasteiger partial charge is 0.125 e. The molecule has 0 fully saturated rings. The van der Waals surface area contributed by atoms with Crippen molar-refractivity contribution in [1.82, 2.24) is 4.90 Å². The molecule has 0 radical (unpaired) electrons. The zero-order chi connectivity index (χ0) is 10.8. The van der Waals surface area contributed by atoms with Crippen LogP contribution in [0.5, 0.6) is 5.75 Å². The molecule has 2 nitrogen and oxygen atoms in total. The number of rotatable bonds is 1. The molecule has 0 spiro atoms. The first-order chi connectivity index (χ1) is 7.18. The van der Waals surface area contributed by atoms with E-state index >= 15 is 0 Å². The fraction of sp³-hybridized carbons (Fsp3) is 0.500. The van der Waals surface area contributed by atoms with Crippen molar-refractivity contribution in [1.29, 1.82) is 0 Å². The van der Waals surface area contributed by atoms with Gasteiger partial charge in [-0.3, -0.25) is 0 Å². The van der Waals surface area contributed by atoms with Crippen LogP contribution in [0.1, 0.15) is 24.4 Å². The second-order valence-corrected chi connectivity index (χ2v) is 4.59. The predicted octanol–water partition coefficient (Wildman–Crippen LogP) is 3.12. The topological polar surface area (TPSA) is 12.5 Å². The first kappa shape index (κ1) is 10.8. The van der Waals surface area contributed by atoms with E-state index in [0.717, 1.165) is 30.2 Å². The van der Waals surface area contributed by atoms with Crippen LogP contribution in [0.2, 0.25) is 5.02 Å². The van der Waals surface area contributed by atoms with Crippen LogP contribution in [0.15, 0.2) is 18.2 Å². The summed E-state index contributed by atoms with van der Waals surface area (Å²) < 4.78 is 5.70. The maximum Gasteiger partial charge on any atom is 0.125 e. The van der Waals surface area contributed by atoms with E-state index < -0.39 is 0 Å². The minimum absolute atomic E-state index is 0.444. The molecule has 1 aliphatic rings. The molecule has 82 valence electrons. The van der Waals surface area contributed by atoms with E-state index in [1.54, 1.807) is 0 Å². The average molecular weight is 226 g/mol. The highest BCUT2D eigenvalue weighted by atomic mass is 35.5. The van der Waals surface area contributed by atoms with Crippen molar-refractivity contribution in [2.45, 2.75) is 18.9 Å². The molecule has 0 saturated heterocycles. The van der Waals surface area contributed by atoms with Crippen molar-refractivity contribution in [3.63, 3.8) is 0 Å². The lowest BCUT2D eigenvalue weighted by Crippen LogP contribution is -2.19. The first-order valence-corrected chi connectivity index (χ1v) is 5.65. The maximum absolute atomic E-state index is 5.96. The molecule has 1 unspecified atom stereocenters. The Balaban J connectivity index is 2.40. The molecular weight excluding hydrogens is 210 g/mol. The Hall–Kier alpha value is -0.730. The Labute approximate surface area is 95.8 Å². The van der Waals surface area contributed by atoms with E-state index in [1.165, 1.54) is 5.56 Å². The van der Waals surface area contributed by atoms with Gasteiger partial charge in [0.15, 0.2) is 0 Å². The summed E-state index contributed by atoms with van der Waals surface area (Å²) in [7, 11) is 4.21. The second-order valence-electron chi connectivity index (χ2n) is 4.15. The van der Waals surface area contributed by atoms with Crippen LogP contribution in [0.25, 0.3) is 0 Å². The van der Waals surface area contributed by atoms with Gasteiger partial charge in [-0.1, -0.05) is 17.7 Å². The second kappa shape index (κ2) is 4.42. The van der Waals surface area contributed by atoms with Crippen molar-refractivity contribution in [2.75, 3.05) is 20.7 Å². The molecule has 1 heterocycles. The molecule has 2 rings (SSSR count). The van der Waals surface area contributed by atoms with E-state index in [1.807, 2.05) is 12.1 Å². The standard InChI is InChI=1S/C12H16ClNO/c1-14(2)11-4-3-7-15-12-8-9(13)5-6-10(11)12/h5-6,8,11H,3-4,7H2,1-2H3. The zero-order valence-electron chi connectivity index (χ0n) is 9.16. The van der Waals surface area contributed by atoms with Crippen molar-refractivity contribution >= 4 is 11.6 Å². The summed E-state index contributed by atoms with van der Waals surface area (Å²) >= 11 is 5.96. The van der Waals surface area contributed by atoms with Crippen molar-refractivity contribution in [2.24, 2.45) is 0 Å². The third kappa shape index (κ3) is 2.27. The van der Waals surface area contributed by atoms with E-state index in [2.05, 4.69) is 25.1 Å². The molecule has 1 aromatic carbocycles. The number of fused-ring (bicyclic) bond motifs is 1. The number of ether oxygens (including phenoxy) is 1. The van der Waals surface area contributed by atoms with Crippen molar-refractivity contribution in [3.8, 4) is 5.75 Å². The van der Waals surface area contributed by atoms with E-state index in [4.69, 9.17) is 16.3 Å². The fourth-order valence-electron chi connectivity index (χ4n) is 2.06. The fourth-order valence-corrected chi connectivity index (χ4v) is 2.22. The minimum Gasteiger partial charge on any atom is -0.493 e. The highest BCUT2D eigenvalue weighted by Crippen LogP contribution is 2.35. The molecule has 0 aliphatic carbocycles. The van der Waals surface area contributed by atoms with Gasteiger partial charge in [-0.15, -0.1) is 0 Å². The molecule has 3 heteroatoms. The van der Waals surface area contributed by atoms with Crippen LogP contribution in [-0.4, -0.2) is 25.6 Å². The lowest BCUT2D eigenvalue weighted by Gasteiger charge is -2.23. The Morgan fingerprint density at radius 1 is 1.40 bits per heavy atom. The summed E-state index contributed by atoms with van der Waals surface area (Å²) in [6, 6.07) is 6.37. The monoisotopic (exact) mass is 225 g/mol. The summed E-state index contributed by atoms with van der Waals surface area (Å²) in [5.74, 6) is 0.943. The number of halogens is 1. The van der Waals surface area contributed by atoms with Gasteiger partial charge in [0.1, 0.15) is 5.75 Å². The summed E-state index contributed by atoms with van der Waals surface area (Å²) in [5.41, 5.74) is 1.25. The SMILES string of the molecule is CN(C)C1CCCOc2cc(Cl)ccc21.